The van der Waals surface area contributed by atoms with E-state index in [-0.39, 0.29) is 23.4 Å². The number of hydrogen-bond donors (Lipinski definition) is 5. The lowest BCUT2D eigenvalue weighted by molar-refractivity contribution is 0.100. The van der Waals surface area contributed by atoms with Gasteiger partial charge in [0.15, 0.2) is 0 Å². The van der Waals surface area contributed by atoms with Crippen molar-refractivity contribution >= 4 is 35.1 Å². The van der Waals surface area contributed by atoms with Crippen LogP contribution in [0.5, 0.6) is 5.75 Å². The summed E-state index contributed by atoms with van der Waals surface area (Å²) in [7, 11) is 0. The van der Waals surface area contributed by atoms with Gasteiger partial charge in [-0.05, 0) is 55.3 Å². The number of benzene rings is 2. The van der Waals surface area contributed by atoms with Gasteiger partial charge in [0.1, 0.15) is 17.1 Å². The molecule has 2 aromatic carbocycles. The van der Waals surface area contributed by atoms with E-state index in [1.807, 2.05) is 36.4 Å². The van der Waals surface area contributed by atoms with E-state index >= 15 is 0 Å². The van der Waals surface area contributed by atoms with Crippen molar-refractivity contribution < 1.29 is 9.90 Å². The van der Waals surface area contributed by atoms with Crippen LogP contribution < -0.4 is 22.1 Å². The summed E-state index contributed by atoms with van der Waals surface area (Å²) >= 11 is 1.56. The minimum absolute atomic E-state index is 0.0492. The zero-order valence-electron chi connectivity index (χ0n) is 17.5. The molecule has 2 atom stereocenters. The van der Waals surface area contributed by atoms with E-state index in [2.05, 4.69) is 20.6 Å². The minimum Gasteiger partial charge on any atom is -0.508 e. The molecule has 0 unspecified atom stereocenters. The summed E-state index contributed by atoms with van der Waals surface area (Å²) in [6.45, 7) is 0. The lowest BCUT2D eigenvalue weighted by atomic mass is 9.91. The van der Waals surface area contributed by atoms with Crippen LogP contribution in [0.4, 0.5) is 17.5 Å². The van der Waals surface area contributed by atoms with Crippen LogP contribution in [0.2, 0.25) is 0 Å². The van der Waals surface area contributed by atoms with Gasteiger partial charge in [0.2, 0.25) is 5.95 Å². The summed E-state index contributed by atoms with van der Waals surface area (Å²) in [5, 5.41) is 16.0. The smallest absolute Gasteiger partial charge is 0.254 e. The monoisotopic (exact) mass is 450 g/mol. The number of aromatic nitrogens is 2. The molecule has 0 saturated heterocycles. The van der Waals surface area contributed by atoms with E-state index in [0.29, 0.717) is 11.8 Å². The predicted octanol–water partition coefficient (Wildman–Crippen LogP) is 3.86. The number of phenolic OH excluding ortho intramolecular Hbond substituents is 1. The average molecular weight is 451 g/mol. The third-order valence-electron chi connectivity index (χ3n) is 5.36. The molecule has 166 valence electrons. The Balaban J connectivity index is 1.54. The third-order valence-corrected chi connectivity index (χ3v) is 6.35. The molecule has 1 heterocycles. The van der Waals surface area contributed by atoms with Crippen LogP contribution in [0, 0.1) is 0 Å². The molecule has 1 aromatic heterocycles. The maximum atomic E-state index is 11.9. The minimum atomic E-state index is -0.608. The molecule has 1 aliphatic carbocycles. The maximum Gasteiger partial charge on any atom is 0.254 e. The Bertz CT molecular complexity index is 1090. The summed E-state index contributed by atoms with van der Waals surface area (Å²) in [6, 6.07) is 14.9. The lowest BCUT2D eigenvalue weighted by Crippen LogP contribution is -2.43. The number of primary amides is 1. The van der Waals surface area contributed by atoms with Gasteiger partial charge in [-0.15, -0.1) is 0 Å². The number of hydrogen-bond acceptors (Lipinski definition) is 8. The second-order valence-electron chi connectivity index (χ2n) is 7.77. The van der Waals surface area contributed by atoms with Crippen LogP contribution in [0.15, 0.2) is 64.5 Å². The molecule has 1 saturated carbocycles. The van der Waals surface area contributed by atoms with Crippen molar-refractivity contribution in [2.75, 3.05) is 10.6 Å². The highest BCUT2D eigenvalue weighted by molar-refractivity contribution is 7.99. The Morgan fingerprint density at radius 1 is 1.09 bits per heavy atom. The van der Waals surface area contributed by atoms with Crippen LogP contribution in [-0.4, -0.2) is 33.1 Å². The SMILES string of the molecule is NC(=O)c1cnc(N[C@@H]2CCCC[C@@H]2N)nc1Nc1cccc(Sc2ccc(O)cc2)c1. The molecule has 3 aromatic rings. The van der Waals surface area contributed by atoms with Crippen LogP contribution >= 0.6 is 11.8 Å². The summed E-state index contributed by atoms with van der Waals surface area (Å²) < 4.78 is 0. The predicted molar refractivity (Wildman–Crippen MR) is 126 cm³/mol. The van der Waals surface area contributed by atoms with Crippen LogP contribution in [0.25, 0.3) is 0 Å². The van der Waals surface area contributed by atoms with Crippen molar-refractivity contribution in [3.05, 3.63) is 60.3 Å². The molecule has 8 nitrogen and oxygen atoms in total. The van der Waals surface area contributed by atoms with Gasteiger partial charge in [-0.1, -0.05) is 30.7 Å². The van der Waals surface area contributed by atoms with Crippen LogP contribution in [0.3, 0.4) is 0 Å². The molecule has 32 heavy (non-hydrogen) atoms. The van der Waals surface area contributed by atoms with E-state index < -0.39 is 5.91 Å². The standard InChI is InChI=1S/C23H26N6O2S/c24-19-6-1-2-7-20(19)28-23-26-13-18(21(25)31)22(29-23)27-14-4-3-5-17(12-14)32-16-10-8-15(30)9-11-16/h3-5,8-13,19-20,30H,1-2,6-7,24H2,(H2,25,31)(H2,26,27,28,29)/t19-,20+/m0/s1. The largest absolute Gasteiger partial charge is 0.508 e. The number of aromatic hydroxyl groups is 1. The first-order chi connectivity index (χ1) is 15.5. The number of anilines is 3. The van der Waals surface area contributed by atoms with Crippen molar-refractivity contribution in [3.8, 4) is 5.75 Å². The van der Waals surface area contributed by atoms with Crippen molar-refractivity contribution in [3.63, 3.8) is 0 Å². The highest BCUT2D eigenvalue weighted by atomic mass is 32.2. The van der Waals surface area contributed by atoms with Crippen LogP contribution in [-0.2, 0) is 0 Å². The molecule has 0 radical (unpaired) electrons. The number of rotatable bonds is 7. The second-order valence-corrected chi connectivity index (χ2v) is 8.92. The van der Waals surface area contributed by atoms with E-state index in [0.717, 1.165) is 41.2 Å². The molecule has 7 N–H and O–H groups in total. The first-order valence-corrected chi connectivity index (χ1v) is 11.3. The van der Waals surface area contributed by atoms with Crippen molar-refractivity contribution in [1.82, 2.24) is 9.97 Å². The van der Waals surface area contributed by atoms with E-state index in [9.17, 15) is 9.90 Å². The van der Waals surface area contributed by atoms with Crippen LogP contribution in [0.1, 0.15) is 36.0 Å². The fraction of sp³-hybridized carbons (Fsp3) is 0.261. The summed E-state index contributed by atoms with van der Waals surface area (Å²) in [5.41, 5.74) is 12.7. The number of amides is 1. The third kappa shape index (κ3) is 5.49. The van der Waals surface area contributed by atoms with Gasteiger partial charge in [-0.2, -0.15) is 4.98 Å². The molecule has 0 spiro atoms. The fourth-order valence-corrected chi connectivity index (χ4v) is 4.53. The summed E-state index contributed by atoms with van der Waals surface area (Å²) in [6.07, 6.45) is 5.60. The lowest BCUT2D eigenvalue weighted by Gasteiger charge is -2.29. The molecule has 1 fully saturated rings. The van der Waals surface area contributed by atoms with Gasteiger partial charge < -0.3 is 27.2 Å². The average Bonchev–Trinajstić information content (AvgIpc) is 2.77. The van der Waals surface area contributed by atoms with Crippen molar-refractivity contribution in [2.24, 2.45) is 11.5 Å². The van der Waals surface area contributed by atoms with Gasteiger partial charge >= 0.3 is 0 Å². The highest BCUT2D eigenvalue weighted by Gasteiger charge is 2.23. The molecular weight excluding hydrogens is 424 g/mol. The van der Waals surface area contributed by atoms with E-state index in [4.69, 9.17) is 11.5 Å². The maximum absolute atomic E-state index is 11.9. The summed E-state index contributed by atoms with van der Waals surface area (Å²) in [5.74, 6) is 0.370. The van der Waals surface area contributed by atoms with Gasteiger partial charge in [-0.25, -0.2) is 4.98 Å². The fourth-order valence-electron chi connectivity index (χ4n) is 3.66. The first kappa shape index (κ1) is 21.9. The second kappa shape index (κ2) is 9.88. The number of nitrogens with one attached hydrogen (secondary N) is 2. The van der Waals surface area contributed by atoms with Crippen molar-refractivity contribution in [1.29, 1.82) is 0 Å². The van der Waals surface area contributed by atoms with Gasteiger partial charge in [-0.3, -0.25) is 4.79 Å². The molecule has 9 heteroatoms. The van der Waals surface area contributed by atoms with Gasteiger partial charge in [0.05, 0.1) is 0 Å². The molecule has 1 aliphatic rings. The zero-order valence-corrected chi connectivity index (χ0v) is 18.3. The Labute approximate surface area is 190 Å². The summed E-state index contributed by atoms with van der Waals surface area (Å²) in [4.78, 5) is 22.7. The van der Waals surface area contributed by atoms with Crippen molar-refractivity contribution in [2.45, 2.75) is 47.6 Å². The number of carbonyl (C=O) groups is 1. The number of carbonyl (C=O) groups excluding carboxylic acids is 1. The molecular formula is C23H26N6O2S. The normalized spacial score (nSPS) is 18.2. The first-order valence-electron chi connectivity index (χ1n) is 10.5. The molecule has 0 bridgehead atoms. The molecule has 0 aliphatic heterocycles. The quantitative estimate of drug-likeness (QED) is 0.366. The molecule has 4 rings (SSSR count). The number of nitrogens with two attached hydrogens (primary N) is 2. The van der Waals surface area contributed by atoms with Gasteiger partial charge in [0.25, 0.3) is 5.91 Å². The Hall–Kier alpha value is -3.30. The Morgan fingerprint density at radius 3 is 2.62 bits per heavy atom. The molecule has 1 amide bonds. The number of nitrogens with zero attached hydrogens (tertiary/aromatic N) is 2. The Kier molecular flexibility index (Phi) is 6.77. The topological polar surface area (TPSA) is 139 Å². The number of phenols is 1. The highest BCUT2D eigenvalue weighted by Crippen LogP contribution is 2.31. The van der Waals surface area contributed by atoms with E-state index in [1.165, 1.54) is 6.20 Å². The van der Waals surface area contributed by atoms with E-state index in [1.54, 1.807) is 23.9 Å². The van der Waals surface area contributed by atoms with Gasteiger partial charge in [0, 0.05) is 33.8 Å². The Morgan fingerprint density at radius 2 is 1.88 bits per heavy atom. The zero-order chi connectivity index (χ0) is 22.5.